The van der Waals surface area contributed by atoms with Crippen molar-refractivity contribution >= 4 is 14.0 Å². The van der Waals surface area contributed by atoms with Crippen LogP contribution in [0.15, 0.2) is 36.0 Å². The lowest BCUT2D eigenvalue weighted by Crippen LogP contribution is -2.15. The lowest BCUT2D eigenvalue weighted by molar-refractivity contribution is -0.142. The van der Waals surface area contributed by atoms with Gasteiger partial charge in [-0.1, -0.05) is 49.6 Å². The van der Waals surface area contributed by atoms with Crippen molar-refractivity contribution in [3.63, 3.8) is 0 Å². The number of hydrogen-bond acceptors (Lipinski definition) is 3. The maximum Gasteiger partial charge on any atom is 0.309 e. The van der Waals surface area contributed by atoms with Gasteiger partial charge in [-0.2, -0.15) is 0 Å². The molecule has 21 heavy (non-hydrogen) atoms. The minimum atomic E-state index is -1.27. The van der Waals surface area contributed by atoms with Crippen LogP contribution >= 0.6 is 0 Å². The van der Waals surface area contributed by atoms with Gasteiger partial charge in [0.2, 0.25) is 0 Å². The van der Waals surface area contributed by atoms with Gasteiger partial charge in [0.1, 0.15) is 5.75 Å². The summed E-state index contributed by atoms with van der Waals surface area (Å²) in [6, 6.07) is 7.93. The van der Waals surface area contributed by atoms with Crippen LogP contribution in [-0.2, 0) is 9.53 Å². The zero-order valence-corrected chi connectivity index (χ0v) is 14.4. The molecular weight excluding hydrogens is 280 g/mol. The number of carbonyl (C=O) groups excluding carboxylic acids is 1. The molecule has 2 rings (SSSR count). The third kappa shape index (κ3) is 3.56. The minimum absolute atomic E-state index is 0.0844. The highest BCUT2D eigenvalue weighted by atomic mass is 28.3. The molecule has 1 saturated carbocycles. The van der Waals surface area contributed by atoms with Gasteiger partial charge < -0.3 is 9.47 Å². The van der Waals surface area contributed by atoms with Gasteiger partial charge in [-0.05, 0) is 17.5 Å². The normalized spacial score (nSPS) is 24.9. The highest BCUT2D eigenvalue weighted by molar-refractivity contribution is 6.80. The van der Waals surface area contributed by atoms with Gasteiger partial charge in [0.15, 0.2) is 0 Å². The first-order valence-corrected chi connectivity index (χ1v) is 10.9. The standard InChI is InChI=1S/C17H24O3Si/c1-19-14-9-7-6-8-12(14)15-13(10-11-21(3,4)5)16(15)17(18)20-2/h6-11,13,15-16H,1-5H3/b11-10+/t13-,15-,16-/m1/s1. The zero-order valence-electron chi connectivity index (χ0n) is 13.4. The minimum Gasteiger partial charge on any atom is -0.496 e. The summed E-state index contributed by atoms with van der Waals surface area (Å²) in [6.07, 6.45) is 2.21. The van der Waals surface area contributed by atoms with E-state index in [2.05, 4.69) is 31.4 Å². The average Bonchev–Trinajstić information content (AvgIpc) is 3.17. The summed E-state index contributed by atoms with van der Waals surface area (Å²) in [4.78, 5) is 12.0. The molecule has 1 aliphatic rings. The van der Waals surface area contributed by atoms with Crippen LogP contribution < -0.4 is 4.74 Å². The predicted molar refractivity (Wildman–Crippen MR) is 87.2 cm³/mol. The Morgan fingerprint density at radius 1 is 1.19 bits per heavy atom. The smallest absolute Gasteiger partial charge is 0.309 e. The van der Waals surface area contributed by atoms with Crippen molar-refractivity contribution in [1.82, 2.24) is 0 Å². The van der Waals surface area contributed by atoms with E-state index in [4.69, 9.17) is 9.47 Å². The molecule has 3 nitrogen and oxygen atoms in total. The van der Waals surface area contributed by atoms with E-state index in [-0.39, 0.29) is 23.7 Å². The quantitative estimate of drug-likeness (QED) is 0.615. The van der Waals surface area contributed by atoms with Crippen LogP contribution in [0, 0.1) is 11.8 Å². The van der Waals surface area contributed by atoms with Crippen molar-refractivity contribution in [3.05, 3.63) is 41.6 Å². The van der Waals surface area contributed by atoms with E-state index in [0.717, 1.165) is 11.3 Å². The van der Waals surface area contributed by atoms with E-state index in [1.165, 1.54) is 7.11 Å². The lowest BCUT2D eigenvalue weighted by Gasteiger charge is -2.08. The fraction of sp³-hybridized carbons (Fsp3) is 0.471. The Bertz CT molecular complexity index is 545. The second-order valence-corrected chi connectivity index (χ2v) is 11.7. The Balaban J connectivity index is 2.28. The number of esters is 1. The first-order valence-electron chi connectivity index (χ1n) is 7.29. The molecule has 0 heterocycles. The first kappa shape index (κ1) is 15.8. The first-order chi connectivity index (χ1) is 9.89. The summed E-state index contributed by atoms with van der Waals surface area (Å²) in [6.45, 7) is 6.87. The highest BCUT2D eigenvalue weighted by Gasteiger charge is 2.55. The summed E-state index contributed by atoms with van der Waals surface area (Å²) in [5.74, 6) is 1.03. The largest absolute Gasteiger partial charge is 0.496 e. The molecule has 0 unspecified atom stereocenters. The van der Waals surface area contributed by atoms with E-state index in [1.807, 2.05) is 24.3 Å². The molecule has 0 aliphatic heterocycles. The number of ether oxygens (including phenoxy) is 2. The number of benzene rings is 1. The van der Waals surface area contributed by atoms with Crippen molar-refractivity contribution < 1.29 is 14.3 Å². The van der Waals surface area contributed by atoms with Crippen molar-refractivity contribution in [3.8, 4) is 5.75 Å². The van der Waals surface area contributed by atoms with Crippen molar-refractivity contribution in [2.45, 2.75) is 25.6 Å². The number of rotatable bonds is 5. The van der Waals surface area contributed by atoms with E-state index in [0.29, 0.717) is 0 Å². The molecule has 4 heteroatoms. The van der Waals surface area contributed by atoms with Gasteiger partial charge in [-0.25, -0.2) is 0 Å². The average molecular weight is 304 g/mol. The summed E-state index contributed by atoms with van der Waals surface area (Å²) in [5.41, 5.74) is 3.41. The number of hydrogen-bond donors (Lipinski definition) is 0. The maximum atomic E-state index is 12.0. The summed E-state index contributed by atoms with van der Waals surface area (Å²) in [5, 5.41) is 0. The predicted octanol–water partition coefficient (Wildman–Crippen LogP) is 3.63. The molecule has 0 aromatic heterocycles. The summed E-state index contributed by atoms with van der Waals surface area (Å²) < 4.78 is 10.4. The van der Waals surface area contributed by atoms with E-state index in [1.54, 1.807) is 7.11 Å². The molecule has 0 N–H and O–H groups in total. The topological polar surface area (TPSA) is 35.5 Å². The van der Waals surface area contributed by atoms with E-state index >= 15 is 0 Å². The van der Waals surface area contributed by atoms with Gasteiger partial charge in [0.05, 0.1) is 28.2 Å². The van der Waals surface area contributed by atoms with Crippen LogP contribution in [0.2, 0.25) is 19.6 Å². The molecule has 1 aromatic carbocycles. The molecule has 1 aromatic rings. The van der Waals surface area contributed by atoms with Gasteiger partial charge in [-0.15, -0.1) is 0 Å². The Hall–Kier alpha value is -1.55. The van der Waals surface area contributed by atoms with Gasteiger partial charge in [0.25, 0.3) is 0 Å². The second kappa shape index (κ2) is 6.06. The van der Waals surface area contributed by atoms with Crippen LogP contribution in [0.4, 0.5) is 0 Å². The molecule has 0 amide bonds. The van der Waals surface area contributed by atoms with Gasteiger partial charge >= 0.3 is 5.97 Å². The molecular formula is C17H24O3Si. The Labute approximate surface area is 128 Å². The molecule has 0 spiro atoms. The maximum absolute atomic E-state index is 12.0. The van der Waals surface area contributed by atoms with Crippen molar-refractivity contribution in [1.29, 1.82) is 0 Å². The van der Waals surface area contributed by atoms with Crippen LogP contribution in [0.3, 0.4) is 0 Å². The number of allylic oxidation sites excluding steroid dienone is 1. The lowest BCUT2D eigenvalue weighted by atomic mass is 10.1. The third-order valence-corrected chi connectivity index (χ3v) is 5.06. The fourth-order valence-corrected chi connectivity index (χ4v) is 3.56. The number of para-hydroxylation sites is 1. The zero-order chi connectivity index (χ0) is 15.6. The van der Waals surface area contributed by atoms with Crippen LogP contribution in [0.25, 0.3) is 0 Å². The molecule has 0 radical (unpaired) electrons. The SMILES string of the molecule is COC(=O)[C@@H]1[C@H](/C=C/[Si](C)(C)C)[C@H]1c1ccccc1OC. The molecule has 0 saturated heterocycles. The molecule has 114 valence electrons. The third-order valence-electron chi connectivity index (χ3n) is 3.87. The number of methoxy groups -OCH3 is 2. The van der Waals surface area contributed by atoms with Crippen LogP contribution in [-0.4, -0.2) is 28.3 Å². The highest BCUT2D eigenvalue weighted by Crippen LogP contribution is 2.57. The fourth-order valence-electron chi connectivity index (χ4n) is 2.76. The molecule has 1 fully saturated rings. The summed E-state index contributed by atoms with van der Waals surface area (Å²) in [7, 11) is 1.85. The van der Waals surface area contributed by atoms with Crippen molar-refractivity contribution in [2.24, 2.45) is 11.8 Å². The van der Waals surface area contributed by atoms with Crippen molar-refractivity contribution in [2.75, 3.05) is 14.2 Å². The molecule has 1 aliphatic carbocycles. The monoisotopic (exact) mass is 304 g/mol. The summed E-state index contributed by atoms with van der Waals surface area (Å²) >= 11 is 0. The van der Waals surface area contributed by atoms with Gasteiger partial charge in [-0.3, -0.25) is 4.79 Å². The van der Waals surface area contributed by atoms with E-state index in [9.17, 15) is 4.79 Å². The van der Waals surface area contributed by atoms with Gasteiger partial charge in [0, 0.05) is 5.92 Å². The Morgan fingerprint density at radius 2 is 1.86 bits per heavy atom. The molecule has 3 atom stereocenters. The second-order valence-electron chi connectivity index (χ2n) is 6.62. The van der Waals surface area contributed by atoms with Crippen LogP contribution in [0.1, 0.15) is 11.5 Å². The molecule has 0 bridgehead atoms. The number of carbonyl (C=O) groups is 1. The Morgan fingerprint density at radius 3 is 2.43 bits per heavy atom. The Kier molecular flexibility index (Phi) is 4.57. The van der Waals surface area contributed by atoms with Crippen LogP contribution in [0.5, 0.6) is 5.75 Å². The van der Waals surface area contributed by atoms with E-state index < -0.39 is 8.07 Å².